The molecule has 0 amide bonds. The molecule has 0 atom stereocenters. The van der Waals surface area contributed by atoms with E-state index < -0.39 is 15.7 Å². The maximum Gasteiger partial charge on any atom is 0.178 e. The van der Waals surface area contributed by atoms with Crippen LogP contribution < -0.4 is 5.32 Å². The van der Waals surface area contributed by atoms with Crippen molar-refractivity contribution in [1.29, 1.82) is 0 Å². The molecule has 7 nitrogen and oxygen atoms in total. The lowest BCUT2D eigenvalue weighted by Crippen LogP contribution is -2.29. The van der Waals surface area contributed by atoms with E-state index in [9.17, 15) is 12.8 Å². The van der Waals surface area contributed by atoms with Gasteiger partial charge in [0.05, 0.1) is 35.2 Å². The molecule has 1 aliphatic heterocycles. The summed E-state index contributed by atoms with van der Waals surface area (Å²) in [5, 5.41) is 7.89. The first-order valence-corrected chi connectivity index (χ1v) is 12.3. The third-order valence-electron chi connectivity index (χ3n) is 5.80. The number of benzene rings is 2. The second kappa shape index (κ2) is 8.07. The van der Waals surface area contributed by atoms with Gasteiger partial charge in [-0.25, -0.2) is 17.8 Å². The smallest absolute Gasteiger partial charge is 0.178 e. The molecule has 0 bridgehead atoms. The largest absolute Gasteiger partial charge is 0.317 e. The molecule has 0 aliphatic carbocycles. The van der Waals surface area contributed by atoms with Crippen LogP contribution in [0, 0.1) is 5.82 Å². The number of hydrogen-bond acceptors (Lipinski definition) is 6. The van der Waals surface area contributed by atoms with Gasteiger partial charge in [-0.3, -0.25) is 9.67 Å². The summed E-state index contributed by atoms with van der Waals surface area (Å²) in [4.78, 5) is 9.04. The van der Waals surface area contributed by atoms with Gasteiger partial charge in [-0.1, -0.05) is 18.2 Å². The highest BCUT2D eigenvalue weighted by Gasteiger charge is 2.18. The van der Waals surface area contributed by atoms with Crippen LogP contribution in [-0.4, -0.2) is 47.5 Å². The lowest BCUT2D eigenvalue weighted by molar-refractivity contribution is 0.343. The second-order valence-electron chi connectivity index (χ2n) is 8.04. The van der Waals surface area contributed by atoms with E-state index in [1.54, 1.807) is 18.5 Å². The van der Waals surface area contributed by atoms with Gasteiger partial charge in [-0.15, -0.1) is 0 Å². The van der Waals surface area contributed by atoms with Crippen LogP contribution in [0.1, 0.15) is 18.9 Å². The summed E-state index contributed by atoms with van der Waals surface area (Å²) in [7, 11) is -3.64. The lowest BCUT2D eigenvalue weighted by Gasteiger charge is -2.22. The van der Waals surface area contributed by atoms with Crippen molar-refractivity contribution in [3.05, 3.63) is 60.8 Å². The zero-order valence-electron chi connectivity index (χ0n) is 17.5. The molecule has 0 saturated carbocycles. The second-order valence-corrected chi connectivity index (χ2v) is 10.0. The van der Waals surface area contributed by atoms with Crippen molar-refractivity contribution in [1.82, 2.24) is 25.1 Å². The predicted octanol–water partition coefficient (Wildman–Crippen LogP) is 3.63. The van der Waals surface area contributed by atoms with E-state index in [1.807, 2.05) is 29.1 Å². The fourth-order valence-corrected chi connectivity index (χ4v) is 4.84. The molecule has 9 heteroatoms. The monoisotopic (exact) mass is 451 g/mol. The summed E-state index contributed by atoms with van der Waals surface area (Å²) >= 11 is 0. The van der Waals surface area contributed by atoms with Crippen LogP contribution in [0.4, 0.5) is 4.39 Å². The molecular weight excluding hydrogens is 429 g/mol. The molecule has 0 spiro atoms. The third kappa shape index (κ3) is 3.89. The molecule has 1 saturated heterocycles. The Morgan fingerprint density at radius 2 is 1.91 bits per heavy atom. The molecule has 3 heterocycles. The van der Waals surface area contributed by atoms with Crippen molar-refractivity contribution < 1.29 is 12.8 Å². The predicted molar refractivity (Wildman–Crippen MR) is 120 cm³/mol. The maximum absolute atomic E-state index is 14.5. The average molecular weight is 452 g/mol. The first kappa shape index (κ1) is 20.7. The minimum absolute atomic E-state index is 0.321. The van der Waals surface area contributed by atoms with Crippen LogP contribution in [0.25, 0.3) is 33.4 Å². The van der Waals surface area contributed by atoms with Crippen molar-refractivity contribution in [2.45, 2.75) is 23.8 Å². The number of sulfone groups is 1. The van der Waals surface area contributed by atoms with E-state index in [0.29, 0.717) is 33.9 Å². The Labute approximate surface area is 185 Å². The Morgan fingerprint density at radius 1 is 1.09 bits per heavy atom. The Hall–Kier alpha value is -3.17. The van der Waals surface area contributed by atoms with Crippen LogP contribution >= 0.6 is 0 Å². The van der Waals surface area contributed by atoms with Gasteiger partial charge in [-0.2, -0.15) is 5.10 Å². The van der Waals surface area contributed by atoms with Crippen molar-refractivity contribution in [2.75, 3.05) is 19.3 Å². The molecule has 2 aromatic carbocycles. The quantitative estimate of drug-likeness (QED) is 0.510. The van der Waals surface area contributed by atoms with Gasteiger partial charge >= 0.3 is 0 Å². The molecule has 1 N–H and O–H groups in total. The Morgan fingerprint density at radius 3 is 2.66 bits per heavy atom. The summed E-state index contributed by atoms with van der Waals surface area (Å²) in [5.41, 5.74) is 4.05. The van der Waals surface area contributed by atoms with Gasteiger partial charge in [0, 0.05) is 23.6 Å². The van der Waals surface area contributed by atoms with E-state index in [1.165, 1.54) is 12.1 Å². The Bertz CT molecular complexity index is 1410. The van der Waals surface area contributed by atoms with E-state index in [0.717, 1.165) is 37.8 Å². The molecule has 164 valence electrons. The lowest BCUT2D eigenvalue weighted by atomic mass is 10.0. The van der Waals surface area contributed by atoms with E-state index in [-0.39, 0.29) is 4.90 Å². The maximum atomic E-state index is 14.5. The summed E-state index contributed by atoms with van der Waals surface area (Å²) in [6, 6.07) is 9.98. The molecule has 1 aliphatic rings. The molecule has 4 aromatic rings. The molecule has 32 heavy (non-hydrogen) atoms. The number of halogens is 1. The zero-order chi connectivity index (χ0) is 22.3. The molecule has 1 fully saturated rings. The molecule has 2 aromatic heterocycles. The van der Waals surface area contributed by atoms with Gasteiger partial charge in [0.2, 0.25) is 0 Å². The Kier molecular flexibility index (Phi) is 5.22. The number of aromatic nitrogens is 4. The zero-order valence-corrected chi connectivity index (χ0v) is 18.3. The Balaban J connectivity index is 1.56. The number of piperidine rings is 1. The number of fused-ring (bicyclic) bond motifs is 1. The van der Waals surface area contributed by atoms with Gasteiger partial charge in [0.15, 0.2) is 9.84 Å². The molecular formula is C23H22FN5O2S. The highest BCUT2D eigenvalue weighted by atomic mass is 32.2. The first-order chi connectivity index (χ1) is 15.4. The number of nitrogens with one attached hydrogen (secondary N) is 1. The summed E-state index contributed by atoms with van der Waals surface area (Å²) in [6.07, 6.45) is 8.55. The summed E-state index contributed by atoms with van der Waals surface area (Å²) < 4.78 is 40.0. The minimum Gasteiger partial charge on any atom is -0.317 e. The highest BCUT2D eigenvalue weighted by molar-refractivity contribution is 7.90. The average Bonchev–Trinajstić information content (AvgIpc) is 3.28. The van der Waals surface area contributed by atoms with Crippen molar-refractivity contribution in [3.8, 4) is 22.4 Å². The van der Waals surface area contributed by atoms with E-state index in [2.05, 4.69) is 15.4 Å². The first-order valence-electron chi connectivity index (χ1n) is 10.4. The van der Waals surface area contributed by atoms with Crippen LogP contribution in [0.2, 0.25) is 0 Å². The van der Waals surface area contributed by atoms with Gasteiger partial charge < -0.3 is 5.32 Å². The third-order valence-corrected chi connectivity index (χ3v) is 6.93. The normalized spacial score (nSPS) is 15.3. The molecule has 0 radical (unpaired) electrons. The minimum atomic E-state index is -3.64. The number of rotatable bonds is 4. The van der Waals surface area contributed by atoms with Crippen molar-refractivity contribution >= 4 is 20.9 Å². The van der Waals surface area contributed by atoms with Crippen LogP contribution in [0.5, 0.6) is 0 Å². The topological polar surface area (TPSA) is 89.8 Å². The van der Waals surface area contributed by atoms with Gasteiger partial charge in [0.1, 0.15) is 10.7 Å². The van der Waals surface area contributed by atoms with Gasteiger partial charge in [-0.05, 0) is 49.7 Å². The van der Waals surface area contributed by atoms with E-state index in [4.69, 9.17) is 4.98 Å². The van der Waals surface area contributed by atoms with Crippen molar-refractivity contribution in [2.24, 2.45) is 0 Å². The molecule has 5 rings (SSSR count). The fraction of sp³-hybridized carbons (Fsp3) is 0.261. The van der Waals surface area contributed by atoms with Crippen LogP contribution in [0.15, 0.2) is 59.9 Å². The van der Waals surface area contributed by atoms with E-state index >= 15 is 0 Å². The summed E-state index contributed by atoms with van der Waals surface area (Å²) in [5.74, 6) is -0.783. The number of para-hydroxylation sites is 1. The number of hydrogen-bond donors (Lipinski definition) is 1. The summed E-state index contributed by atoms with van der Waals surface area (Å²) in [6.45, 7) is 1.96. The highest BCUT2D eigenvalue weighted by Crippen LogP contribution is 2.31. The van der Waals surface area contributed by atoms with Crippen molar-refractivity contribution in [3.63, 3.8) is 0 Å². The van der Waals surface area contributed by atoms with Crippen LogP contribution in [0.3, 0.4) is 0 Å². The number of nitrogens with zero attached hydrogens (tertiary/aromatic N) is 4. The SMILES string of the molecule is CS(=O)(=O)c1ccc(-c2cccc3ncc(-c4cnn(C5CCNCC5)c4)nc23)cc1F. The van der Waals surface area contributed by atoms with Crippen LogP contribution in [-0.2, 0) is 9.84 Å². The fourth-order valence-electron chi connectivity index (χ4n) is 4.12. The standard InChI is InChI=1S/C23H22FN5O2S/c1-32(30,31)22-6-5-15(11-19(22)24)18-3-2-4-20-23(18)28-21(13-26-20)16-12-27-29(14-16)17-7-9-25-10-8-17/h2-6,11-14,17,25H,7-10H2,1H3. The van der Waals surface area contributed by atoms with Gasteiger partial charge in [0.25, 0.3) is 0 Å². The molecule has 0 unspecified atom stereocenters.